The Balaban J connectivity index is 2.14. The van der Waals surface area contributed by atoms with E-state index >= 15 is 0 Å². The monoisotopic (exact) mass is 406 g/mol. The van der Waals surface area contributed by atoms with Gasteiger partial charge in [0.15, 0.2) is 0 Å². The average Bonchev–Trinajstić information content (AvgIpc) is 2.73. The summed E-state index contributed by atoms with van der Waals surface area (Å²) in [4.78, 5) is 27.1. The molecule has 3 N–H and O–H groups in total. The van der Waals surface area contributed by atoms with Crippen LogP contribution in [0.25, 0.3) is 5.57 Å². The molecular weight excluding hydrogens is 387 g/mol. The molecule has 1 unspecified atom stereocenters. The van der Waals surface area contributed by atoms with Gasteiger partial charge in [0, 0.05) is 19.8 Å². The topological polar surface area (TPSA) is 99.0 Å². The van der Waals surface area contributed by atoms with Gasteiger partial charge in [0.25, 0.3) is 7.37 Å². The predicted octanol–water partition coefficient (Wildman–Crippen LogP) is 3.66. The molecule has 0 amide bonds. The fourth-order valence-electron chi connectivity index (χ4n) is 3.72. The highest BCUT2D eigenvalue weighted by atomic mass is 31.2. The Morgan fingerprint density at radius 1 is 1.10 bits per heavy atom. The molecule has 1 heterocycles. The lowest BCUT2D eigenvalue weighted by Crippen LogP contribution is -2.22. The third kappa shape index (κ3) is 2.97. The molecule has 7 heteroatoms. The lowest BCUT2D eigenvalue weighted by Gasteiger charge is -2.31. The molecule has 1 atom stereocenters. The molecule has 0 fully saturated rings. The van der Waals surface area contributed by atoms with E-state index in [9.17, 15) is 19.4 Å². The van der Waals surface area contributed by atoms with Crippen LogP contribution >= 0.6 is 7.37 Å². The first-order chi connectivity index (χ1) is 13.9. The number of anilines is 1. The summed E-state index contributed by atoms with van der Waals surface area (Å²) in [5.41, 5.74) is 3.63. The van der Waals surface area contributed by atoms with E-state index in [1.807, 2.05) is 6.07 Å². The van der Waals surface area contributed by atoms with Crippen molar-refractivity contribution in [3.8, 4) is 0 Å². The number of aromatic carboxylic acids is 1. The van der Waals surface area contributed by atoms with Gasteiger partial charge >= 0.3 is 5.97 Å². The average molecular weight is 406 g/mol. The van der Waals surface area contributed by atoms with Gasteiger partial charge in [0.2, 0.25) is 0 Å². The van der Waals surface area contributed by atoms with Gasteiger partial charge in [-0.2, -0.15) is 0 Å². The Morgan fingerprint density at radius 3 is 2.55 bits per heavy atom. The number of nitrogens with zero attached hydrogens (tertiary/aromatic N) is 1. The molecule has 4 rings (SSSR count). The van der Waals surface area contributed by atoms with Crippen molar-refractivity contribution in [2.24, 2.45) is 4.99 Å². The number of hydrogen-bond donors (Lipinski definition) is 3. The van der Waals surface area contributed by atoms with Crippen molar-refractivity contribution in [1.29, 1.82) is 0 Å². The molecule has 2 aromatic carbocycles. The number of carboxylic acids is 1. The van der Waals surface area contributed by atoms with E-state index in [-0.39, 0.29) is 16.2 Å². The molecule has 0 radical (unpaired) electrons. The predicted molar refractivity (Wildman–Crippen MR) is 115 cm³/mol. The lowest BCUT2D eigenvalue weighted by molar-refractivity contribution is 0.0696. The zero-order valence-corrected chi connectivity index (χ0v) is 16.8. The van der Waals surface area contributed by atoms with Gasteiger partial charge in [-0.15, -0.1) is 0 Å². The summed E-state index contributed by atoms with van der Waals surface area (Å²) < 4.78 is 13.6. The van der Waals surface area contributed by atoms with Crippen LogP contribution in [0.4, 0.5) is 5.69 Å². The van der Waals surface area contributed by atoms with E-state index < -0.39 is 13.3 Å². The second kappa shape index (κ2) is 6.99. The molecule has 0 saturated heterocycles. The summed E-state index contributed by atoms with van der Waals surface area (Å²) in [6, 6.07) is 11.9. The Morgan fingerprint density at radius 2 is 1.86 bits per heavy atom. The first-order valence-corrected chi connectivity index (χ1v) is 10.6. The highest BCUT2D eigenvalue weighted by molar-refractivity contribution is 7.71. The highest BCUT2D eigenvalue weighted by Gasteiger charge is 2.40. The number of fused-ring (bicyclic) bond motifs is 2. The fraction of sp³-hybridized carbons (Fsp3) is 0.0909. The van der Waals surface area contributed by atoms with Crippen molar-refractivity contribution in [2.45, 2.75) is 0 Å². The van der Waals surface area contributed by atoms with Crippen molar-refractivity contribution >= 4 is 35.6 Å². The smallest absolute Gasteiger partial charge is 0.336 e. The summed E-state index contributed by atoms with van der Waals surface area (Å²) in [6.45, 7) is 0. The zero-order chi connectivity index (χ0) is 20.8. The van der Waals surface area contributed by atoms with Gasteiger partial charge < -0.3 is 15.3 Å². The minimum Gasteiger partial charge on any atom is -0.478 e. The largest absolute Gasteiger partial charge is 0.478 e. The van der Waals surface area contributed by atoms with Crippen molar-refractivity contribution in [2.75, 3.05) is 19.4 Å². The molecule has 29 heavy (non-hydrogen) atoms. The quantitative estimate of drug-likeness (QED) is 0.676. The van der Waals surface area contributed by atoms with Gasteiger partial charge in [-0.25, -0.2) is 4.79 Å². The Kier molecular flexibility index (Phi) is 4.61. The Bertz CT molecular complexity index is 1220. The van der Waals surface area contributed by atoms with E-state index in [1.165, 1.54) is 6.07 Å². The number of aliphatic imine (C=N–C) groups is 1. The molecule has 0 bridgehead atoms. The van der Waals surface area contributed by atoms with Gasteiger partial charge in [-0.05, 0) is 52.6 Å². The van der Waals surface area contributed by atoms with Crippen LogP contribution < -0.4 is 10.6 Å². The van der Waals surface area contributed by atoms with Gasteiger partial charge in [0.1, 0.15) is 0 Å². The normalized spacial score (nSPS) is 21.5. The number of hydrogen-bond acceptors (Lipinski definition) is 4. The molecule has 0 aromatic heterocycles. The third-order valence-electron chi connectivity index (χ3n) is 5.14. The van der Waals surface area contributed by atoms with Crippen LogP contribution in [0.1, 0.15) is 21.5 Å². The molecule has 2 aromatic rings. The minimum absolute atomic E-state index is 0.135. The number of benzene rings is 2. The van der Waals surface area contributed by atoms with Gasteiger partial charge in [0.05, 0.1) is 21.9 Å². The van der Waals surface area contributed by atoms with Crippen molar-refractivity contribution in [3.05, 3.63) is 88.3 Å². The standard InChI is InChI=1S/C22H19N2O4P/c1-23-13-7-9-17-19(11-13)29(27,28)20-12-14(24-2)8-10-18(20)21(17)15-5-3-4-6-16(15)22(25)26/h3-12,23H,1-2H3,(H,25,26)(H,27,28)/b24-14+. The molecular formula is C22H19N2O4P. The second-order valence-electron chi connectivity index (χ2n) is 6.71. The highest BCUT2D eigenvalue weighted by Crippen LogP contribution is 2.59. The molecule has 1 aliphatic carbocycles. The van der Waals surface area contributed by atoms with E-state index in [4.69, 9.17) is 0 Å². The summed E-state index contributed by atoms with van der Waals surface area (Å²) >= 11 is 0. The van der Waals surface area contributed by atoms with Crippen molar-refractivity contribution in [1.82, 2.24) is 0 Å². The lowest BCUT2D eigenvalue weighted by atomic mass is 9.87. The zero-order valence-electron chi connectivity index (χ0n) is 15.9. The maximum atomic E-state index is 13.6. The van der Waals surface area contributed by atoms with Crippen molar-refractivity contribution in [3.63, 3.8) is 0 Å². The number of allylic oxidation sites excluding steroid dienone is 5. The number of rotatable bonds is 3. The molecule has 2 aliphatic rings. The first kappa shape index (κ1) is 19.1. The van der Waals surface area contributed by atoms with Crippen LogP contribution in [-0.4, -0.2) is 35.8 Å². The summed E-state index contributed by atoms with van der Waals surface area (Å²) in [5, 5.41) is 13.2. The van der Waals surface area contributed by atoms with Crippen LogP contribution in [0.2, 0.25) is 0 Å². The number of nitrogens with one attached hydrogen (secondary N) is 1. The second-order valence-corrected chi connectivity index (χ2v) is 8.82. The van der Waals surface area contributed by atoms with E-state index in [0.717, 1.165) is 0 Å². The van der Waals surface area contributed by atoms with E-state index in [2.05, 4.69) is 10.3 Å². The maximum absolute atomic E-state index is 13.6. The summed E-state index contributed by atoms with van der Waals surface area (Å²) in [7, 11) is -0.561. The van der Waals surface area contributed by atoms with Gasteiger partial charge in [-0.1, -0.05) is 30.3 Å². The Labute approximate surface area is 168 Å². The van der Waals surface area contributed by atoms with Crippen molar-refractivity contribution < 1.29 is 19.4 Å². The molecule has 0 spiro atoms. The fourth-order valence-corrected chi connectivity index (χ4v) is 5.63. The molecule has 0 saturated carbocycles. The third-order valence-corrected chi connectivity index (χ3v) is 7.19. The maximum Gasteiger partial charge on any atom is 0.336 e. The SMILES string of the molecule is C/N=C1\C=CC2=C(c3ccccc3C(=O)O)c3ccc(NC)cc3P(=O)(O)C2=C1. The van der Waals surface area contributed by atoms with Crippen LogP contribution in [0.5, 0.6) is 0 Å². The van der Waals surface area contributed by atoms with E-state index in [1.54, 1.807) is 62.7 Å². The minimum atomic E-state index is -3.91. The Hall–Kier alpha value is -3.21. The first-order valence-electron chi connectivity index (χ1n) is 8.98. The number of carbonyl (C=O) groups is 1. The van der Waals surface area contributed by atoms with Gasteiger partial charge in [-0.3, -0.25) is 9.56 Å². The number of carboxylic acid groups (broad SMARTS) is 1. The summed E-state index contributed by atoms with van der Waals surface area (Å²) in [5.74, 6) is -1.05. The van der Waals surface area contributed by atoms with Crippen LogP contribution in [0, 0.1) is 0 Å². The van der Waals surface area contributed by atoms with Crippen LogP contribution in [0.3, 0.4) is 0 Å². The molecule has 6 nitrogen and oxygen atoms in total. The molecule has 1 aliphatic heterocycles. The van der Waals surface area contributed by atoms with Crippen LogP contribution in [0.15, 0.2) is 76.6 Å². The van der Waals surface area contributed by atoms with E-state index in [0.29, 0.717) is 33.7 Å². The molecule has 146 valence electrons. The summed E-state index contributed by atoms with van der Waals surface area (Å²) in [6.07, 6.45) is 5.10. The van der Waals surface area contributed by atoms with Crippen LogP contribution in [-0.2, 0) is 4.57 Å².